The summed E-state index contributed by atoms with van der Waals surface area (Å²) in [5, 5.41) is 12.4. The quantitative estimate of drug-likeness (QED) is 0.235. The molecular weight excluding hydrogens is 579 g/mol. The maximum absolute atomic E-state index is 16.4. The molecule has 220 valence electrons. The number of halogens is 2. The summed E-state index contributed by atoms with van der Waals surface area (Å²) in [7, 11) is 3.35. The summed E-state index contributed by atoms with van der Waals surface area (Å²) in [5.74, 6) is 0.130. The minimum Gasteiger partial charge on any atom is -0.497 e. The van der Waals surface area contributed by atoms with Crippen LogP contribution in [0.25, 0.3) is 32.9 Å². The fraction of sp³-hybridized carbons (Fsp3) is 0.235. The van der Waals surface area contributed by atoms with Crippen molar-refractivity contribution in [3.63, 3.8) is 0 Å². The Balaban J connectivity index is 1.31. The number of piperazine rings is 1. The van der Waals surface area contributed by atoms with E-state index < -0.39 is 11.9 Å². The minimum absolute atomic E-state index is 0.0794. The van der Waals surface area contributed by atoms with Crippen LogP contribution in [0.3, 0.4) is 0 Å². The number of likely N-dealkylation sites (N-methyl/N-ethyl adjacent to an activating group) is 1. The standard InChI is InChI=1S/C34H28ClFN6O2/c1-40-27-16-39-32-25(15-38-31(30(32)36)24-7-3-5-21-6-4-8-26(35)29(21)24)33(27)42-18-22(13-14-37)41(19-28(42)34(40)43)17-20-9-11-23(44-2)12-10-20/h3-12,15-16,22,28H,13,17-19H2,1-2H3. The Kier molecular flexibility index (Phi) is 7.04. The van der Waals surface area contributed by atoms with E-state index in [1.54, 1.807) is 43.6 Å². The smallest absolute Gasteiger partial charge is 0.250 e. The van der Waals surface area contributed by atoms with Crippen LogP contribution in [0.2, 0.25) is 5.02 Å². The molecule has 44 heavy (non-hydrogen) atoms. The van der Waals surface area contributed by atoms with E-state index in [1.165, 1.54) is 0 Å². The van der Waals surface area contributed by atoms with Gasteiger partial charge in [-0.1, -0.05) is 54.1 Å². The van der Waals surface area contributed by atoms with Gasteiger partial charge in [0, 0.05) is 60.3 Å². The molecule has 0 bridgehead atoms. The Morgan fingerprint density at radius 3 is 2.59 bits per heavy atom. The average molecular weight is 607 g/mol. The van der Waals surface area contributed by atoms with Crippen LogP contribution >= 0.6 is 11.6 Å². The number of hydrogen-bond acceptors (Lipinski definition) is 7. The van der Waals surface area contributed by atoms with E-state index in [9.17, 15) is 10.1 Å². The summed E-state index contributed by atoms with van der Waals surface area (Å²) in [6.45, 7) is 1.41. The van der Waals surface area contributed by atoms with E-state index >= 15 is 4.39 Å². The molecular formula is C34H28ClFN6O2. The number of carbonyl (C=O) groups is 1. The van der Waals surface area contributed by atoms with Crippen molar-refractivity contribution in [2.75, 3.05) is 37.0 Å². The summed E-state index contributed by atoms with van der Waals surface area (Å²) < 4.78 is 21.7. The summed E-state index contributed by atoms with van der Waals surface area (Å²) >= 11 is 6.56. The van der Waals surface area contributed by atoms with E-state index in [2.05, 4.69) is 20.9 Å². The number of nitrogens with zero attached hydrogens (tertiary/aromatic N) is 6. The van der Waals surface area contributed by atoms with Crippen LogP contribution in [-0.2, 0) is 11.3 Å². The molecule has 5 aromatic rings. The average Bonchev–Trinajstić information content (AvgIpc) is 3.04. The Morgan fingerprint density at radius 2 is 1.84 bits per heavy atom. The van der Waals surface area contributed by atoms with Gasteiger partial charge >= 0.3 is 0 Å². The molecule has 0 radical (unpaired) electrons. The van der Waals surface area contributed by atoms with Crippen LogP contribution in [0, 0.1) is 17.1 Å². The number of carbonyl (C=O) groups excluding carboxylic acids is 1. The molecule has 7 rings (SSSR count). The van der Waals surface area contributed by atoms with Gasteiger partial charge in [-0.15, -0.1) is 0 Å². The number of methoxy groups -OCH3 is 1. The van der Waals surface area contributed by atoms with Crippen molar-refractivity contribution in [1.29, 1.82) is 5.26 Å². The summed E-state index contributed by atoms with van der Waals surface area (Å²) in [5.41, 5.74) is 3.24. The van der Waals surface area contributed by atoms with Crippen LogP contribution in [0.5, 0.6) is 5.75 Å². The van der Waals surface area contributed by atoms with Crippen LogP contribution in [0.1, 0.15) is 12.0 Å². The predicted molar refractivity (Wildman–Crippen MR) is 169 cm³/mol. The first-order valence-corrected chi connectivity index (χ1v) is 14.7. The van der Waals surface area contributed by atoms with Gasteiger partial charge in [0.25, 0.3) is 5.91 Å². The normalized spacial score (nSPS) is 18.3. The van der Waals surface area contributed by atoms with Crippen LogP contribution in [-0.4, -0.2) is 60.1 Å². The highest BCUT2D eigenvalue weighted by Gasteiger charge is 2.44. The molecule has 2 atom stereocenters. The van der Waals surface area contributed by atoms with Crippen molar-refractivity contribution in [3.8, 4) is 23.1 Å². The summed E-state index contributed by atoms with van der Waals surface area (Å²) in [4.78, 5) is 28.6. The largest absolute Gasteiger partial charge is 0.497 e. The molecule has 0 saturated carbocycles. The van der Waals surface area contributed by atoms with E-state index in [1.807, 2.05) is 53.4 Å². The molecule has 1 saturated heterocycles. The van der Waals surface area contributed by atoms with E-state index in [0.29, 0.717) is 47.0 Å². The van der Waals surface area contributed by atoms with Gasteiger partial charge in [0.05, 0.1) is 37.2 Å². The lowest BCUT2D eigenvalue weighted by Gasteiger charge is -2.50. The number of hydrogen-bond donors (Lipinski definition) is 0. The van der Waals surface area contributed by atoms with Crippen molar-refractivity contribution in [2.45, 2.75) is 25.0 Å². The second-order valence-electron chi connectivity index (χ2n) is 11.2. The van der Waals surface area contributed by atoms with Gasteiger partial charge in [-0.05, 0) is 29.1 Å². The predicted octanol–water partition coefficient (Wildman–Crippen LogP) is 6.20. The zero-order valence-corrected chi connectivity index (χ0v) is 24.9. The van der Waals surface area contributed by atoms with Crippen molar-refractivity contribution >= 4 is 50.6 Å². The van der Waals surface area contributed by atoms with Gasteiger partial charge in [0.1, 0.15) is 23.0 Å². The Hall–Kier alpha value is -4.78. The van der Waals surface area contributed by atoms with E-state index in [-0.39, 0.29) is 29.6 Å². The molecule has 2 unspecified atom stereocenters. The molecule has 1 fully saturated rings. The lowest BCUT2D eigenvalue weighted by molar-refractivity contribution is -0.121. The SMILES string of the molecule is COc1ccc(CN2CC3C(=O)N(C)c4cnc5c(F)c(-c6cccc7cccc(Cl)c67)ncc5c4N3CC2CC#N)cc1. The molecule has 10 heteroatoms. The number of nitriles is 1. The number of amides is 1. The number of fused-ring (bicyclic) bond motifs is 6. The van der Waals surface area contributed by atoms with Crippen molar-refractivity contribution in [2.24, 2.45) is 0 Å². The molecule has 0 aliphatic carbocycles. The van der Waals surface area contributed by atoms with E-state index in [0.717, 1.165) is 22.1 Å². The molecule has 2 aromatic heterocycles. The van der Waals surface area contributed by atoms with Crippen molar-refractivity contribution < 1.29 is 13.9 Å². The highest BCUT2D eigenvalue weighted by atomic mass is 35.5. The molecule has 8 nitrogen and oxygen atoms in total. The third-order valence-corrected chi connectivity index (χ3v) is 9.07. The van der Waals surface area contributed by atoms with Gasteiger partial charge in [-0.25, -0.2) is 4.39 Å². The second kappa shape index (κ2) is 11.1. The first-order valence-electron chi connectivity index (χ1n) is 14.3. The Morgan fingerprint density at radius 1 is 1.07 bits per heavy atom. The fourth-order valence-corrected chi connectivity index (χ4v) is 6.81. The van der Waals surface area contributed by atoms with Crippen molar-refractivity contribution in [1.82, 2.24) is 14.9 Å². The third kappa shape index (κ3) is 4.50. The Bertz CT molecular complexity index is 1970. The first kappa shape index (κ1) is 28.0. The highest BCUT2D eigenvalue weighted by Crippen LogP contribution is 2.44. The lowest BCUT2D eigenvalue weighted by atomic mass is 9.96. The van der Waals surface area contributed by atoms with Crippen LogP contribution < -0.4 is 14.5 Å². The third-order valence-electron chi connectivity index (χ3n) is 8.76. The monoisotopic (exact) mass is 606 g/mol. The zero-order chi connectivity index (χ0) is 30.5. The molecule has 0 N–H and O–H groups in total. The number of anilines is 2. The lowest BCUT2D eigenvalue weighted by Crippen LogP contribution is -2.65. The topological polar surface area (TPSA) is 85.6 Å². The molecule has 4 heterocycles. The van der Waals surface area contributed by atoms with Crippen molar-refractivity contribution in [3.05, 3.63) is 89.5 Å². The highest BCUT2D eigenvalue weighted by molar-refractivity contribution is 6.36. The van der Waals surface area contributed by atoms with Gasteiger partial charge in [0.2, 0.25) is 0 Å². The fourth-order valence-electron chi connectivity index (χ4n) is 6.53. The van der Waals surface area contributed by atoms with Crippen LogP contribution in [0.4, 0.5) is 15.8 Å². The van der Waals surface area contributed by atoms with Gasteiger partial charge < -0.3 is 14.5 Å². The van der Waals surface area contributed by atoms with E-state index in [4.69, 9.17) is 16.3 Å². The zero-order valence-electron chi connectivity index (χ0n) is 24.2. The summed E-state index contributed by atoms with van der Waals surface area (Å²) in [6.07, 6.45) is 3.47. The maximum Gasteiger partial charge on any atom is 0.250 e. The molecule has 0 spiro atoms. The molecule has 3 aromatic carbocycles. The number of benzene rings is 3. The number of ether oxygens (including phenoxy) is 1. The first-order chi connectivity index (χ1) is 21.4. The number of rotatable bonds is 5. The summed E-state index contributed by atoms with van der Waals surface area (Å²) in [6, 6.07) is 20.6. The van der Waals surface area contributed by atoms with Gasteiger partial charge in [-0.2, -0.15) is 5.26 Å². The molecule has 1 amide bonds. The van der Waals surface area contributed by atoms with Gasteiger partial charge in [-0.3, -0.25) is 19.7 Å². The number of aromatic nitrogens is 2. The number of pyridine rings is 2. The minimum atomic E-state index is -0.555. The molecule has 2 aliphatic heterocycles. The molecule has 2 aliphatic rings. The second-order valence-corrected chi connectivity index (χ2v) is 11.6. The van der Waals surface area contributed by atoms with Gasteiger partial charge in [0.15, 0.2) is 5.82 Å². The Labute approximate surface area is 258 Å². The maximum atomic E-state index is 16.4. The van der Waals surface area contributed by atoms with Crippen LogP contribution in [0.15, 0.2) is 73.1 Å².